The van der Waals surface area contributed by atoms with Crippen LogP contribution >= 0.6 is 24.0 Å². The first-order valence-electron chi connectivity index (χ1n) is 9.29. The number of hydrogen-bond acceptors (Lipinski definition) is 6. The number of nitrogens with one attached hydrogen (secondary N) is 2. The molecule has 2 aromatic heterocycles. The van der Waals surface area contributed by atoms with Gasteiger partial charge in [-0.05, 0) is 25.1 Å². The molecule has 0 aliphatic heterocycles. The molecule has 0 aliphatic carbocycles. The molecule has 0 radical (unpaired) electrons. The minimum atomic E-state index is 0. The molecule has 0 fully saturated rings. The van der Waals surface area contributed by atoms with E-state index in [2.05, 4.69) is 25.8 Å². The third-order valence-electron chi connectivity index (χ3n) is 4.34. The van der Waals surface area contributed by atoms with Crippen LogP contribution in [0.1, 0.15) is 18.3 Å². The van der Waals surface area contributed by atoms with E-state index in [0.717, 1.165) is 23.6 Å². The predicted molar refractivity (Wildman–Crippen MR) is 126 cm³/mol. The number of rotatable bonds is 8. The summed E-state index contributed by atoms with van der Waals surface area (Å²) in [6.07, 6.45) is 1.94. The summed E-state index contributed by atoms with van der Waals surface area (Å²) in [7, 11) is 4.82. The minimum absolute atomic E-state index is 0. The second-order valence-electron chi connectivity index (χ2n) is 6.11. The highest BCUT2D eigenvalue weighted by Gasteiger charge is 2.12. The molecule has 2 heterocycles. The van der Waals surface area contributed by atoms with Gasteiger partial charge in [0.25, 0.3) is 0 Å². The van der Waals surface area contributed by atoms with E-state index in [1.165, 1.54) is 0 Å². The lowest BCUT2D eigenvalue weighted by atomic mass is 10.1. The molecule has 3 rings (SSSR count). The molecule has 1 aromatic carbocycles. The highest BCUT2D eigenvalue weighted by atomic mass is 127. The van der Waals surface area contributed by atoms with Gasteiger partial charge in [-0.15, -0.1) is 34.2 Å². The first-order valence-corrected chi connectivity index (χ1v) is 9.29. The Kier molecular flexibility index (Phi) is 8.96. The fourth-order valence-electron chi connectivity index (χ4n) is 2.90. The summed E-state index contributed by atoms with van der Waals surface area (Å²) in [5.74, 6) is 3.39. The summed E-state index contributed by atoms with van der Waals surface area (Å²) in [6, 6.07) is 9.47. The monoisotopic (exact) mass is 526 g/mol. The number of guanidine groups is 1. The van der Waals surface area contributed by atoms with Gasteiger partial charge in [0, 0.05) is 24.4 Å². The van der Waals surface area contributed by atoms with Gasteiger partial charge in [-0.2, -0.15) is 0 Å². The van der Waals surface area contributed by atoms with Gasteiger partial charge in [0.2, 0.25) is 0 Å². The van der Waals surface area contributed by atoms with E-state index in [0.29, 0.717) is 36.3 Å². The van der Waals surface area contributed by atoms with Crippen LogP contribution < -0.4 is 24.8 Å². The quantitative estimate of drug-likeness (QED) is 0.265. The molecule has 0 unspecified atom stereocenters. The third-order valence-corrected chi connectivity index (χ3v) is 4.34. The van der Waals surface area contributed by atoms with Gasteiger partial charge in [-0.3, -0.25) is 4.40 Å². The molecule has 2 N–H and O–H groups in total. The third kappa shape index (κ3) is 5.43. The zero-order chi connectivity index (χ0) is 20.6. The van der Waals surface area contributed by atoms with Crippen LogP contribution in [0, 0.1) is 0 Å². The van der Waals surface area contributed by atoms with Crippen molar-refractivity contribution in [3.8, 4) is 17.2 Å². The van der Waals surface area contributed by atoms with Crippen molar-refractivity contribution in [3.63, 3.8) is 0 Å². The molecule has 9 nitrogen and oxygen atoms in total. The number of nitrogens with zero attached hydrogens (tertiary/aromatic N) is 4. The fraction of sp³-hybridized carbons (Fsp3) is 0.350. The maximum atomic E-state index is 5.48. The Balaban J connectivity index is 0.00000320. The Morgan fingerprint density at radius 3 is 2.43 bits per heavy atom. The number of benzene rings is 1. The Labute approximate surface area is 192 Å². The molecule has 0 bridgehead atoms. The van der Waals surface area contributed by atoms with Gasteiger partial charge in [0.15, 0.2) is 28.9 Å². The van der Waals surface area contributed by atoms with Gasteiger partial charge in [0.1, 0.15) is 5.75 Å². The van der Waals surface area contributed by atoms with Crippen molar-refractivity contribution in [1.29, 1.82) is 0 Å². The van der Waals surface area contributed by atoms with Gasteiger partial charge >= 0.3 is 0 Å². The van der Waals surface area contributed by atoms with E-state index in [-0.39, 0.29) is 24.0 Å². The average molecular weight is 526 g/mol. The molecule has 0 saturated carbocycles. The second kappa shape index (κ2) is 11.4. The van der Waals surface area contributed by atoms with Gasteiger partial charge in [-0.25, -0.2) is 4.99 Å². The lowest BCUT2D eigenvalue weighted by Gasteiger charge is -2.14. The van der Waals surface area contributed by atoms with Crippen LogP contribution in [0.25, 0.3) is 5.65 Å². The van der Waals surface area contributed by atoms with E-state index in [9.17, 15) is 0 Å². The summed E-state index contributed by atoms with van der Waals surface area (Å²) < 4.78 is 18.1. The zero-order valence-electron chi connectivity index (χ0n) is 17.5. The highest BCUT2D eigenvalue weighted by molar-refractivity contribution is 14.0. The SMILES string of the molecule is CCNC(=NCc1cc(OC)c(OC)cc1OC)NCc1nnc2ccccn12.I. The molecule has 162 valence electrons. The number of aliphatic imine (C=N–C) groups is 1. The Bertz CT molecular complexity index is 992. The van der Waals surface area contributed by atoms with Crippen molar-refractivity contribution in [2.75, 3.05) is 27.9 Å². The van der Waals surface area contributed by atoms with Crippen LogP contribution in [0.3, 0.4) is 0 Å². The van der Waals surface area contributed by atoms with E-state index < -0.39 is 0 Å². The Morgan fingerprint density at radius 1 is 1.00 bits per heavy atom. The van der Waals surface area contributed by atoms with Crippen molar-refractivity contribution >= 4 is 35.6 Å². The molecule has 0 atom stereocenters. The summed E-state index contributed by atoms with van der Waals surface area (Å²) in [5.41, 5.74) is 1.69. The lowest BCUT2D eigenvalue weighted by Crippen LogP contribution is -2.37. The van der Waals surface area contributed by atoms with Crippen LogP contribution in [-0.2, 0) is 13.1 Å². The first kappa shape index (κ1) is 23.5. The largest absolute Gasteiger partial charge is 0.496 e. The number of ether oxygens (including phenoxy) is 3. The van der Waals surface area contributed by atoms with Crippen molar-refractivity contribution in [2.45, 2.75) is 20.0 Å². The van der Waals surface area contributed by atoms with Crippen LogP contribution in [0.2, 0.25) is 0 Å². The fourth-order valence-corrected chi connectivity index (χ4v) is 2.90. The van der Waals surface area contributed by atoms with Gasteiger partial charge in [0.05, 0.1) is 34.4 Å². The van der Waals surface area contributed by atoms with Gasteiger partial charge in [-0.1, -0.05) is 6.07 Å². The normalized spacial score (nSPS) is 11.0. The molecular formula is C20H27IN6O3. The number of aromatic nitrogens is 3. The molecule has 0 amide bonds. The van der Waals surface area contributed by atoms with Crippen molar-refractivity contribution in [2.24, 2.45) is 4.99 Å². The molecule has 0 spiro atoms. The van der Waals surface area contributed by atoms with E-state index in [4.69, 9.17) is 14.2 Å². The lowest BCUT2D eigenvalue weighted by molar-refractivity contribution is 0.347. The van der Waals surface area contributed by atoms with Gasteiger partial charge < -0.3 is 24.8 Å². The van der Waals surface area contributed by atoms with Crippen molar-refractivity contribution in [1.82, 2.24) is 25.2 Å². The van der Waals surface area contributed by atoms with Crippen LogP contribution in [0.4, 0.5) is 0 Å². The highest BCUT2D eigenvalue weighted by Crippen LogP contribution is 2.34. The molecule has 10 heteroatoms. The number of hydrogen-bond donors (Lipinski definition) is 2. The van der Waals surface area contributed by atoms with Crippen LogP contribution in [0.5, 0.6) is 17.2 Å². The summed E-state index contributed by atoms with van der Waals surface area (Å²) >= 11 is 0. The Morgan fingerprint density at radius 2 is 1.73 bits per heavy atom. The summed E-state index contributed by atoms with van der Waals surface area (Å²) in [4.78, 5) is 4.66. The van der Waals surface area contributed by atoms with E-state index in [1.807, 2.05) is 41.8 Å². The van der Waals surface area contributed by atoms with Crippen LogP contribution in [0.15, 0.2) is 41.5 Å². The predicted octanol–water partition coefficient (Wildman–Crippen LogP) is 2.63. The molecular weight excluding hydrogens is 499 g/mol. The summed E-state index contributed by atoms with van der Waals surface area (Å²) in [6.45, 7) is 3.63. The van der Waals surface area contributed by atoms with E-state index >= 15 is 0 Å². The minimum Gasteiger partial charge on any atom is -0.496 e. The molecule has 3 aromatic rings. The smallest absolute Gasteiger partial charge is 0.191 e. The zero-order valence-corrected chi connectivity index (χ0v) is 19.8. The Hall–Kier alpha value is -2.76. The first-order chi connectivity index (χ1) is 14.2. The molecule has 0 saturated heterocycles. The molecule has 0 aliphatic rings. The van der Waals surface area contributed by atoms with Crippen LogP contribution in [-0.4, -0.2) is 48.4 Å². The average Bonchev–Trinajstić information content (AvgIpc) is 3.18. The molecule has 30 heavy (non-hydrogen) atoms. The van der Waals surface area contributed by atoms with Crippen molar-refractivity contribution in [3.05, 3.63) is 47.9 Å². The number of fused-ring (bicyclic) bond motifs is 1. The van der Waals surface area contributed by atoms with E-state index in [1.54, 1.807) is 27.4 Å². The second-order valence-corrected chi connectivity index (χ2v) is 6.11. The summed E-state index contributed by atoms with van der Waals surface area (Å²) in [5, 5.41) is 14.9. The van der Waals surface area contributed by atoms with Crippen molar-refractivity contribution < 1.29 is 14.2 Å². The maximum Gasteiger partial charge on any atom is 0.191 e. The maximum absolute atomic E-state index is 5.48. The topological polar surface area (TPSA) is 94.3 Å². The number of methoxy groups -OCH3 is 3. The standard InChI is InChI=1S/C20H26N6O3.HI/c1-5-21-20(23-13-19-25-24-18-8-6-7-9-26(18)19)22-12-14-10-16(28-3)17(29-4)11-15(14)27-2;/h6-11H,5,12-13H2,1-4H3,(H2,21,22,23);1H. The number of pyridine rings is 1. The number of halogens is 1.